The summed E-state index contributed by atoms with van der Waals surface area (Å²) >= 11 is 0. The second kappa shape index (κ2) is 11.1. The third-order valence-corrected chi connectivity index (χ3v) is 10.9. The van der Waals surface area contributed by atoms with E-state index in [4.69, 9.17) is 8.83 Å². The molecule has 0 spiro atoms. The Morgan fingerprint density at radius 1 is 0.365 bits per heavy atom. The van der Waals surface area contributed by atoms with Gasteiger partial charge in [-0.05, 0) is 81.9 Å². The van der Waals surface area contributed by atoms with Gasteiger partial charge in [-0.25, -0.2) is 0 Å². The maximum Gasteiger partial charge on any atom is 0.137 e. The molecule has 8 aromatic carbocycles. The number of benzene rings is 8. The molecule has 0 radical (unpaired) electrons. The van der Waals surface area contributed by atoms with Crippen LogP contribution in [-0.2, 0) is 5.41 Å². The molecule has 2 heterocycles. The lowest BCUT2D eigenvalue weighted by molar-refractivity contribution is 0.669. The van der Waals surface area contributed by atoms with E-state index < -0.39 is 5.41 Å². The van der Waals surface area contributed by atoms with Crippen LogP contribution in [0, 0.1) is 0 Å². The lowest BCUT2D eigenvalue weighted by Gasteiger charge is -2.35. The molecular formula is C49H31NO2. The fraction of sp³-hybridized carbons (Fsp3) is 0.0204. The van der Waals surface area contributed by atoms with Crippen molar-refractivity contribution < 1.29 is 8.83 Å². The van der Waals surface area contributed by atoms with Crippen LogP contribution in [0.4, 0.5) is 17.1 Å². The summed E-state index contributed by atoms with van der Waals surface area (Å²) in [4.78, 5) is 2.37. The van der Waals surface area contributed by atoms with Crippen molar-refractivity contribution in [3.8, 4) is 11.1 Å². The van der Waals surface area contributed by atoms with Crippen LogP contribution in [0.15, 0.2) is 197 Å². The van der Waals surface area contributed by atoms with Crippen molar-refractivity contribution >= 4 is 60.9 Å². The van der Waals surface area contributed by atoms with E-state index in [2.05, 4.69) is 169 Å². The van der Waals surface area contributed by atoms with Crippen molar-refractivity contribution in [2.45, 2.75) is 5.41 Å². The van der Waals surface area contributed by atoms with E-state index in [-0.39, 0.29) is 0 Å². The minimum atomic E-state index is -0.521. The summed E-state index contributed by atoms with van der Waals surface area (Å²) in [7, 11) is 0. The summed E-state index contributed by atoms with van der Waals surface area (Å²) < 4.78 is 12.9. The van der Waals surface area contributed by atoms with Crippen LogP contribution in [0.25, 0.3) is 55.0 Å². The Balaban J connectivity index is 1.21. The summed E-state index contributed by atoms with van der Waals surface area (Å²) in [5.41, 5.74) is 13.6. The number of nitrogens with zero attached hydrogens (tertiary/aromatic N) is 1. The molecule has 0 saturated heterocycles. The highest BCUT2D eigenvalue weighted by Gasteiger charge is 2.46. The Hall–Kier alpha value is -6.84. The van der Waals surface area contributed by atoms with E-state index in [9.17, 15) is 0 Å². The van der Waals surface area contributed by atoms with Gasteiger partial charge in [0.1, 0.15) is 22.3 Å². The molecule has 3 nitrogen and oxygen atoms in total. The molecule has 1 aliphatic carbocycles. The van der Waals surface area contributed by atoms with Gasteiger partial charge in [0, 0.05) is 33.6 Å². The summed E-state index contributed by atoms with van der Waals surface area (Å²) in [6, 6.07) is 67.4. The van der Waals surface area contributed by atoms with E-state index in [0.29, 0.717) is 0 Å². The van der Waals surface area contributed by atoms with Gasteiger partial charge < -0.3 is 13.7 Å². The molecule has 10 aromatic rings. The molecule has 0 saturated carbocycles. The summed E-state index contributed by atoms with van der Waals surface area (Å²) in [5, 5.41) is 4.37. The Kier molecular flexibility index (Phi) is 6.17. The predicted molar refractivity (Wildman–Crippen MR) is 213 cm³/mol. The lowest BCUT2D eigenvalue weighted by Crippen LogP contribution is -2.28. The summed E-state index contributed by atoms with van der Waals surface area (Å²) in [6.45, 7) is 0. The molecule has 2 aromatic heterocycles. The van der Waals surface area contributed by atoms with Crippen LogP contribution in [-0.4, -0.2) is 0 Å². The van der Waals surface area contributed by atoms with Crippen molar-refractivity contribution in [2.24, 2.45) is 0 Å². The smallest absolute Gasteiger partial charge is 0.137 e. The molecule has 1 aliphatic rings. The first-order chi connectivity index (χ1) is 25.8. The first kappa shape index (κ1) is 28.9. The van der Waals surface area contributed by atoms with E-state index in [1.54, 1.807) is 0 Å². The molecular weight excluding hydrogens is 635 g/mol. The van der Waals surface area contributed by atoms with Gasteiger partial charge in [-0.15, -0.1) is 0 Å². The van der Waals surface area contributed by atoms with Crippen molar-refractivity contribution in [1.29, 1.82) is 0 Å². The predicted octanol–water partition coefficient (Wildman–Crippen LogP) is 13.3. The summed E-state index contributed by atoms with van der Waals surface area (Å²) in [6.07, 6.45) is 0. The molecule has 52 heavy (non-hydrogen) atoms. The first-order valence-electron chi connectivity index (χ1n) is 17.8. The van der Waals surface area contributed by atoms with Gasteiger partial charge in [0.2, 0.25) is 0 Å². The van der Waals surface area contributed by atoms with E-state index in [0.717, 1.165) is 60.9 Å². The van der Waals surface area contributed by atoms with Crippen LogP contribution in [0.1, 0.15) is 22.3 Å². The van der Waals surface area contributed by atoms with Crippen LogP contribution < -0.4 is 4.90 Å². The highest BCUT2D eigenvalue weighted by molar-refractivity contribution is 6.14. The Morgan fingerprint density at radius 3 is 1.71 bits per heavy atom. The molecule has 0 fully saturated rings. The van der Waals surface area contributed by atoms with Crippen molar-refractivity contribution in [3.63, 3.8) is 0 Å². The fourth-order valence-corrected chi connectivity index (χ4v) is 8.81. The van der Waals surface area contributed by atoms with Crippen molar-refractivity contribution in [1.82, 2.24) is 0 Å². The molecule has 11 rings (SSSR count). The molecule has 0 amide bonds. The molecule has 0 unspecified atom stereocenters. The number of hydrogen-bond donors (Lipinski definition) is 0. The van der Waals surface area contributed by atoms with Gasteiger partial charge in [-0.1, -0.05) is 133 Å². The zero-order chi connectivity index (χ0) is 34.2. The maximum absolute atomic E-state index is 6.47. The van der Waals surface area contributed by atoms with Crippen LogP contribution in [0.2, 0.25) is 0 Å². The average Bonchev–Trinajstić information content (AvgIpc) is 3.87. The number of furan rings is 2. The third kappa shape index (κ3) is 4.02. The molecule has 244 valence electrons. The first-order valence-corrected chi connectivity index (χ1v) is 17.8. The molecule has 0 aliphatic heterocycles. The second-order valence-electron chi connectivity index (χ2n) is 13.6. The Labute approximate surface area is 300 Å². The van der Waals surface area contributed by atoms with Gasteiger partial charge in [-0.2, -0.15) is 0 Å². The van der Waals surface area contributed by atoms with Gasteiger partial charge >= 0.3 is 0 Å². The van der Waals surface area contributed by atoms with Crippen LogP contribution in [0.5, 0.6) is 0 Å². The molecule has 3 heteroatoms. The fourth-order valence-electron chi connectivity index (χ4n) is 8.81. The van der Waals surface area contributed by atoms with E-state index in [1.165, 1.54) is 33.4 Å². The third-order valence-electron chi connectivity index (χ3n) is 10.9. The number of anilines is 3. The molecule has 0 bridgehead atoms. The minimum Gasteiger partial charge on any atom is -0.456 e. The van der Waals surface area contributed by atoms with E-state index >= 15 is 0 Å². The van der Waals surface area contributed by atoms with Crippen molar-refractivity contribution in [3.05, 3.63) is 210 Å². The van der Waals surface area contributed by atoms with Gasteiger partial charge in [0.15, 0.2) is 0 Å². The van der Waals surface area contributed by atoms with Gasteiger partial charge in [0.25, 0.3) is 0 Å². The number of para-hydroxylation sites is 2. The lowest BCUT2D eigenvalue weighted by atomic mass is 9.67. The topological polar surface area (TPSA) is 29.5 Å². The highest BCUT2D eigenvalue weighted by Crippen LogP contribution is 2.56. The quantitative estimate of drug-likeness (QED) is 0.183. The number of fused-ring (bicyclic) bond motifs is 9. The number of rotatable bonds is 5. The highest BCUT2D eigenvalue weighted by atomic mass is 16.3. The zero-order valence-electron chi connectivity index (χ0n) is 28.2. The van der Waals surface area contributed by atoms with Gasteiger partial charge in [0.05, 0.1) is 16.5 Å². The average molecular weight is 666 g/mol. The second-order valence-corrected chi connectivity index (χ2v) is 13.6. The SMILES string of the molecule is c1ccc(C2(c3cccc(N(c4ccc5c(c4)oc4ccccc45)c4cccc5oc6ccccc6c45)c3)c3ccccc3-c3ccccc32)cc1. The standard InChI is InChI=1S/C49H31NO2/c1-2-14-32(15-3-1)49(41-22-8-4-18-36(41)37-19-5-9-23-42(37)49)33-16-12-17-34(30-33)50(35-28-29-39-38-20-6-10-25-44(38)52-47(39)31-35)43-24-13-27-46-48(43)40-21-7-11-26-45(40)51-46/h1-31H. The maximum atomic E-state index is 6.47. The Morgan fingerprint density at radius 2 is 0.923 bits per heavy atom. The zero-order valence-corrected chi connectivity index (χ0v) is 28.2. The molecule has 0 atom stereocenters. The Bertz CT molecular complexity index is 2940. The van der Waals surface area contributed by atoms with Crippen molar-refractivity contribution in [2.75, 3.05) is 4.90 Å². The van der Waals surface area contributed by atoms with Crippen LogP contribution >= 0.6 is 0 Å². The van der Waals surface area contributed by atoms with Gasteiger partial charge in [-0.3, -0.25) is 0 Å². The number of hydrogen-bond acceptors (Lipinski definition) is 3. The summed E-state index contributed by atoms with van der Waals surface area (Å²) in [5.74, 6) is 0. The van der Waals surface area contributed by atoms with E-state index in [1.807, 2.05) is 24.3 Å². The largest absolute Gasteiger partial charge is 0.456 e. The minimum absolute atomic E-state index is 0.521. The normalized spacial score (nSPS) is 13.2. The monoisotopic (exact) mass is 665 g/mol. The molecule has 0 N–H and O–H groups in total. The van der Waals surface area contributed by atoms with Crippen LogP contribution in [0.3, 0.4) is 0 Å².